The number of esters is 1. The Morgan fingerprint density at radius 2 is 2.27 bits per heavy atom. The topological polar surface area (TPSA) is 70.7 Å². The van der Waals surface area contributed by atoms with Crippen LogP contribution in [0, 0.1) is 0 Å². The first kappa shape index (κ1) is 13.6. The molecular formula is C11H17NO3. The fourth-order valence-electron chi connectivity index (χ4n) is 1.03. The molecular weight excluding hydrogens is 194 g/mol. The second-order valence-electron chi connectivity index (χ2n) is 3.07. The van der Waals surface area contributed by atoms with Crippen LogP contribution in [0.25, 0.3) is 0 Å². The van der Waals surface area contributed by atoms with Gasteiger partial charge in [0.2, 0.25) is 0 Å². The highest BCUT2D eigenvalue weighted by Gasteiger charge is 2.04. The zero-order valence-electron chi connectivity index (χ0n) is 8.90. The van der Waals surface area contributed by atoms with Gasteiger partial charge in [0.05, 0.1) is 18.7 Å². The highest BCUT2D eigenvalue weighted by atomic mass is 16.5. The summed E-state index contributed by atoms with van der Waals surface area (Å²) < 4.78 is 5.01. The van der Waals surface area contributed by atoms with E-state index in [9.17, 15) is 4.79 Å². The number of aromatic nitrogens is 1. The molecule has 0 saturated carbocycles. The van der Waals surface area contributed by atoms with Crippen molar-refractivity contribution in [3.63, 3.8) is 0 Å². The number of hydrogen-bond acceptors (Lipinski definition) is 3. The number of unbranched alkanes of at least 4 members (excludes halogenated alkanes) is 1. The molecule has 84 valence electrons. The molecule has 0 aromatic carbocycles. The van der Waals surface area contributed by atoms with E-state index in [1.807, 2.05) is 18.2 Å². The zero-order chi connectivity index (χ0) is 10.2. The predicted octanol–water partition coefficient (Wildman–Crippen LogP) is 1.14. The van der Waals surface area contributed by atoms with E-state index < -0.39 is 0 Å². The molecule has 15 heavy (non-hydrogen) atoms. The van der Waals surface area contributed by atoms with Gasteiger partial charge in [-0.2, -0.15) is 0 Å². The monoisotopic (exact) mass is 211 g/mol. The van der Waals surface area contributed by atoms with Gasteiger partial charge in [-0.25, -0.2) is 0 Å². The SMILES string of the molecule is CCCCOC(=O)Cc1ccccn1.O. The summed E-state index contributed by atoms with van der Waals surface area (Å²) in [5.41, 5.74) is 0.758. The van der Waals surface area contributed by atoms with E-state index >= 15 is 0 Å². The largest absolute Gasteiger partial charge is 0.465 e. The first-order chi connectivity index (χ1) is 6.83. The summed E-state index contributed by atoms with van der Waals surface area (Å²) in [4.78, 5) is 15.3. The maximum Gasteiger partial charge on any atom is 0.311 e. The lowest BCUT2D eigenvalue weighted by molar-refractivity contribution is -0.143. The van der Waals surface area contributed by atoms with E-state index in [4.69, 9.17) is 4.74 Å². The fraction of sp³-hybridized carbons (Fsp3) is 0.455. The molecule has 1 aromatic heterocycles. The first-order valence-corrected chi connectivity index (χ1v) is 4.88. The summed E-state index contributed by atoms with van der Waals surface area (Å²) >= 11 is 0. The van der Waals surface area contributed by atoms with E-state index in [1.54, 1.807) is 6.20 Å². The van der Waals surface area contributed by atoms with E-state index in [0.29, 0.717) is 6.61 Å². The molecule has 0 aliphatic carbocycles. The summed E-state index contributed by atoms with van der Waals surface area (Å²) in [7, 11) is 0. The number of nitrogens with zero attached hydrogens (tertiary/aromatic N) is 1. The number of hydrogen-bond donors (Lipinski definition) is 0. The Bertz CT molecular complexity index is 274. The third kappa shape index (κ3) is 5.80. The van der Waals surface area contributed by atoms with Crippen molar-refractivity contribution in [2.45, 2.75) is 26.2 Å². The van der Waals surface area contributed by atoms with E-state index in [-0.39, 0.29) is 17.9 Å². The summed E-state index contributed by atoms with van der Waals surface area (Å²) in [6, 6.07) is 5.51. The van der Waals surface area contributed by atoms with Crippen LogP contribution in [0.4, 0.5) is 0 Å². The Balaban J connectivity index is 0.00000196. The standard InChI is InChI=1S/C11H15NO2.H2O/c1-2-3-8-14-11(13)9-10-6-4-5-7-12-10;/h4-7H,2-3,8-9H2,1H3;1H2. The van der Waals surface area contributed by atoms with E-state index in [0.717, 1.165) is 18.5 Å². The van der Waals surface area contributed by atoms with Crippen LogP contribution in [0.1, 0.15) is 25.5 Å². The molecule has 0 atom stereocenters. The third-order valence-electron chi connectivity index (χ3n) is 1.81. The van der Waals surface area contributed by atoms with Gasteiger partial charge < -0.3 is 10.2 Å². The summed E-state index contributed by atoms with van der Waals surface area (Å²) in [5, 5.41) is 0. The first-order valence-electron chi connectivity index (χ1n) is 4.88. The van der Waals surface area contributed by atoms with Crippen LogP contribution in [0.5, 0.6) is 0 Å². The summed E-state index contributed by atoms with van der Waals surface area (Å²) in [5.74, 6) is -0.197. The number of rotatable bonds is 5. The molecule has 1 rings (SSSR count). The van der Waals surface area contributed by atoms with Gasteiger partial charge in [0.25, 0.3) is 0 Å². The lowest BCUT2D eigenvalue weighted by Crippen LogP contribution is -2.09. The van der Waals surface area contributed by atoms with Gasteiger partial charge >= 0.3 is 5.97 Å². The molecule has 1 aromatic rings. The quantitative estimate of drug-likeness (QED) is 0.541. The van der Waals surface area contributed by atoms with Crippen LogP contribution in [0.2, 0.25) is 0 Å². The normalized spacial score (nSPS) is 9.13. The van der Waals surface area contributed by atoms with Crippen molar-refractivity contribution in [3.05, 3.63) is 30.1 Å². The molecule has 0 aliphatic heterocycles. The second-order valence-corrected chi connectivity index (χ2v) is 3.07. The van der Waals surface area contributed by atoms with Gasteiger partial charge in [-0.3, -0.25) is 9.78 Å². The Hall–Kier alpha value is -1.42. The van der Waals surface area contributed by atoms with Crippen molar-refractivity contribution in [3.8, 4) is 0 Å². The Labute approximate surface area is 89.6 Å². The number of ether oxygens (including phenoxy) is 1. The second kappa shape index (κ2) is 7.94. The molecule has 0 radical (unpaired) electrons. The summed E-state index contributed by atoms with van der Waals surface area (Å²) in [6.45, 7) is 2.58. The van der Waals surface area contributed by atoms with Crippen LogP contribution in [0.3, 0.4) is 0 Å². The van der Waals surface area contributed by atoms with Crippen molar-refractivity contribution in [2.75, 3.05) is 6.61 Å². The van der Waals surface area contributed by atoms with Gasteiger partial charge in [0, 0.05) is 6.20 Å². The third-order valence-corrected chi connectivity index (χ3v) is 1.81. The lowest BCUT2D eigenvalue weighted by atomic mass is 10.3. The molecule has 0 saturated heterocycles. The maximum absolute atomic E-state index is 11.2. The molecule has 1 heterocycles. The minimum atomic E-state index is -0.197. The van der Waals surface area contributed by atoms with E-state index in [2.05, 4.69) is 11.9 Å². The number of carbonyl (C=O) groups is 1. The molecule has 4 nitrogen and oxygen atoms in total. The van der Waals surface area contributed by atoms with Gasteiger partial charge in [0.1, 0.15) is 0 Å². The maximum atomic E-state index is 11.2. The zero-order valence-corrected chi connectivity index (χ0v) is 8.90. The molecule has 0 unspecified atom stereocenters. The Kier molecular flexibility index (Phi) is 7.18. The Morgan fingerprint density at radius 3 is 2.87 bits per heavy atom. The van der Waals surface area contributed by atoms with Crippen molar-refractivity contribution in [2.24, 2.45) is 0 Å². The van der Waals surface area contributed by atoms with Crippen LogP contribution < -0.4 is 0 Å². The highest BCUT2D eigenvalue weighted by Crippen LogP contribution is 1.97. The average Bonchev–Trinajstić information content (AvgIpc) is 2.20. The van der Waals surface area contributed by atoms with Gasteiger partial charge in [0.15, 0.2) is 0 Å². The number of carbonyl (C=O) groups excluding carboxylic acids is 1. The lowest BCUT2D eigenvalue weighted by Gasteiger charge is -2.02. The van der Waals surface area contributed by atoms with E-state index in [1.165, 1.54) is 0 Å². The fourth-order valence-corrected chi connectivity index (χ4v) is 1.03. The van der Waals surface area contributed by atoms with Crippen molar-refractivity contribution < 1.29 is 15.0 Å². The van der Waals surface area contributed by atoms with Crippen molar-refractivity contribution >= 4 is 5.97 Å². The summed E-state index contributed by atoms with van der Waals surface area (Å²) in [6.07, 6.45) is 3.91. The predicted molar refractivity (Wildman–Crippen MR) is 57.4 cm³/mol. The molecule has 0 aliphatic rings. The van der Waals surface area contributed by atoms with Crippen molar-refractivity contribution in [1.29, 1.82) is 0 Å². The van der Waals surface area contributed by atoms with Crippen LogP contribution >= 0.6 is 0 Å². The minimum Gasteiger partial charge on any atom is -0.465 e. The smallest absolute Gasteiger partial charge is 0.311 e. The molecule has 2 N–H and O–H groups in total. The van der Waals surface area contributed by atoms with Gasteiger partial charge in [-0.05, 0) is 18.6 Å². The molecule has 0 spiro atoms. The molecule has 0 fully saturated rings. The average molecular weight is 211 g/mol. The van der Waals surface area contributed by atoms with Gasteiger partial charge in [-0.15, -0.1) is 0 Å². The van der Waals surface area contributed by atoms with Crippen molar-refractivity contribution in [1.82, 2.24) is 4.98 Å². The molecule has 4 heteroatoms. The molecule has 0 amide bonds. The van der Waals surface area contributed by atoms with Crippen LogP contribution in [0.15, 0.2) is 24.4 Å². The highest BCUT2D eigenvalue weighted by molar-refractivity contribution is 5.71. The number of pyridine rings is 1. The molecule has 0 bridgehead atoms. The van der Waals surface area contributed by atoms with Gasteiger partial charge in [-0.1, -0.05) is 19.4 Å². The van der Waals surface area contributed by atoms with Crippen LogP contribution in [-0.2, 0) is 16.0 Å². The Morgan fingerprint density at radius 1 is 1.47 bits per heavy atom. The van der Waals surface area contributed by atoms with Crippen LogP contribution in [-0.4, -0.2) is 23.0 Å². The minimum absolute atomic E-state index is 0.